The van der Waals surface area contributed by atoms with Gasteiger partial charge in [-0.25, -0.2) is 4.98 Å². The summed E-state index contributed by atoms with van der Waals surface area (Å²) in [4.78, 5) is 28.3. The second-order valence-corrected chi connectivity index (χ2v) is 6.88. The number of rotatable bonds is 5. The number of hydrogen-bond donors (Lipinski definition) is 2. The van der Waals surface area contributed by atoms with Gasteiger partial charge in [0.15, 0.2) is 10.9 Å². The van der Waals surface area contributed by atoms with Gasteiger partial charge >= 0.3 is 0 Å². The van der Waals surface area contributed by atoms with Gasteiger partial charge in [-0.05, 0) is 44.0 Å². The smallest absolute Gasteiger partial charge is 0.287 e. The van der Waals surface area contributed by atoms with Gasteiger partial charge in [0.05, 0.1) is 18.5 Å². The average molecular weight is 369 g/mol. The largest absolute Gasteiger partial charge is 0.459 e. The van der Waals surface area contributed by atoms with Crippen molar-refractivity contribution in [2.75, 3.05) is 11.9 Å². The first-order valence-corrected chi connectivity index (χ1v) is 8.97. The minimum Gasteiger partial charge on any atom is -0.459 e. The molecule has 26 heavy (non-hydrogen) atoms. The molecule has 2 heterocycles. The topological polar surface area (TPSA) is 84.2 Å². The Hall–Kier alpha value is -2.93. The van der Waals surface area contributed by atoms with E-state index in [4.69, 9.17) is 4.42 Å². The summed E-state index contributed by atoms with van der Waals surface area (Å²) in [6.07, 6.45) is 1.40. The highest BCUT2D eigenvalue weighted by Gasteiger charge is 2.14. The minimum absolute atomic E-state index is 0.156. The maximum absolute atomic E-state index is 12.0. The summed E-state index contributed by atoms with van der Waals surface area (Å²) in [5.74, 6) is -0.612. The Kier molecular flexibility index (Phi) is 5.18. The molecule has 0 fully saturated rings. The molecule has 3 rings (SSSR count). The van der Waals surface area contributed by atoms with Gasteiger partial charge in [0.2, 0.25) is 5.91 Å². The number of thiazole rings is 1. The molecule has 3 aromatic rings. The number of anilines is 1. The summed E-state index contributed by atoms with van der Waals surface area (Å²) in [6.45, 7) is 6.01. The summed E-state index contributed by atoms with van der Waals surface area (Å²) in [6, 6.07) is 7.38. The third-order valence-corrected chi connectivity index (χ3v) is 4.60. The molecule has 0 saturated carbocycles. The highest BCUT2D eigenvalue weighted by atomic mass is 32.1. The fraction of sp³-hybridized carbons (Fsp3) is 0.211. The van der Waals surface area contributed by atoms with E-state index in [9.17, 15) is 9.59 Å². The van der Waals surface area contributed by atoms with Crippen molar-refractivity contribution in [3.8, 4) is 11.3 Å². The van der Waals surface area contributed by atoms with Crippen LogP contribution >= 0.6 is 11.3 Å². The third kappa shape index (κ3) is 4.00. The molecular formula is C19H19N3O3S. The fourth-order valence-electron chi connectivity index (χ4n) is 2.85. The summed E-state index contributed by atoms with van der Waals surface area (Å²) in [5.41, 5.74) is 5.42. The Morgan fingerprint density at radius 3 is 2.58 bits per heavy atom. The van der Waals surface area contributed by atoms with Crippen LogP contribution in [0.2, 0.25) is 0 Å². The zero-order chi connectivity index (χ0) is 18.7. The number of carbonyl (C=O) groups is 2. The maximum Gasteiger partial charge on any atom is 0.287 e. The lowest BCUT2D eigenvalue weighted by Gasteiger charge is -2.08. The van der Waals surface area contributed by atoms with E-state index < -0.39 is 5.91 Å². The van der Waals surface area contributed by atoms with E-state index in [1.165, 1.54) is 29.2 Å². The first-order chi connectivity index (χ1) is 12.4. The van der Waals surface area contributed by atoms with Crippen LogP contribution in [-0.2, 0) is 4.79 Å². The number of carbonyl (C=O) groups excluding carboxylic acids is 2. The van der Waals surface area contributed by atoms with Crippen molar-refractivity contribution in [1.29, 1.82) is 0 Å². The molecule has 0 saturated heterocycles. The highest BCUT2D eigenvalue weighted by molar-refractivity contribution is 7.14. The van der Waals surface area contributed by atoms with Gasteiger partial charge in [0.25, 0.3) is 5.91 Å². The highest BCUT2D eigenvalue weighted by Crippen LogP contribution is 2.30. The predicted octanol–water partition coefficient (Wildman–Crippen LogP) is 3.70. The molecule has 6 nitrogen and oxygen atoms in total. The van der Waals surface area contributed by atoms with Gasteiger partial charge in [0.1, 0.15) is 0 Å². The van der Waals surface area contributed by atoms with E-state index >= 15 is 0 Å². The van der Waals surface area contributed by atoms with Crippen molar-refractivity contribution in [3.05, 3.63) is 58.4 Å². The molecule has 0 bridgehead atoms. The molecule has 0 unspecified atom stereocenters. The van der Waals surface area contributed by atoms with Crippen molar-refractivity contribution < 1.29 is 14.0 Å². The van der Waals surface area contributed by atoms with Crippen molar-refractivity contribution in [2.24, 2.45) is 0 Å². The fourth-order valence-corrected chi connectivity index (χ4v) is 3.57. The molecule has 0 atom stereocenters. The molecule has 0 aliphatic carbocycles. The summed E-state index contributed by atoms with van der Waals surface area (Å²) in [5, 5.41) is 7.62. The van der Waals surface area contributed by atoms with Crippen LogP contribution in [0.1, 0.15) is 27.2 Å². The number of aryl methyl sites for hydroxylation is 3. The Balaban J connectivity index is 1.63. The van der Waals surface area contributed by atoms with Crippen molar-refractivity contribution in [1.82, 2.24) is 10.3 Å². The second-order valence-electron chi connectivity index (χ2n) is 6.02. The molecule has 7 heteroatoms. The predicted molar refractivity (Wildman–Crippen MR) is 101 cm³/mol. The van der Waals surface area contributed by atoms with Gasteiger partial charge in [-0.1, -0.05) is 17.7 Å². The van der Waals surface area contributed by atoms with Gasteiger partial charge in [0, 0.05) is 10.9 Å². The van der Waals surface area contributed by atoms with Gasteiger partial charge < -0.3 is 15.1 Å². The van der Waals surface area contributed by atoms with E-state index in [1.807, 2.05) is 5.38 Å². The number of amides is 2. The molecule has 0 radical (unpaired) electrons. The van der Waals surface area contributed by atoms with E-state index in [2.05, 4.69) is 48.5 Å². The molecule has 0 aliphatic heterocycles. The Bertz CT molecular complexity index is 922. The second kappa shape index (κ2) is 7.53. The molecule has 0 aliphatic rings. The molecule has 1 aromatic carbocycles. The van der Waals surface area contributed by atoms with Crippen LogP contribution in [0.5, 0.6) is 0 Å². The van der Waals surface area contributed by atoms with Crippen LogP contribution in [0.3, 0.4) is 0 Å². The van der Waals surface area contributed by atoms with Gasteiger partial charge in [-0.2, -0.15) is 0 Å². The summed E-state index contributed by atoms with van der Waals surface area (Å²) >= 11 is 1.35. The first-order valence-electron chi connectivity index (χ1n) is 8.09. The van der Waals surface area contributed by atoms with Crippen LogP contribution in [0.15, 0.2) is 40.3 Å². The quantitative estimate of drug-likeness (QED) is 0.718. The average Bonchev–Trinajstić information content (AvgIpc) is 3.24. The van der Waals surface area contributed by atoms with E-state index in [-0.39, 0.29) is 18.2 Å². The first kappa shape index (κ1) is 17.9. The SMILES string of the molecule is Cc1cc(C)c(-c2csc(NC(=O)CNC(=O)c3ccco3)n2)c(C)c1. The Morgan fingerprint density at radius 2 is 1.92 bits per heavy atom. The zero-order valence-electron chi connectivity index (χ0n) is 14.8. The Labute approximate surface area is 155 Å². The number of nitrogens with zero attached hydrogens (tertiary/aromatic N) is 1. The number of aromatic nitrogens is 1. The molecule has 2 aromatic heterocycles. The Morgan fingerprint density at radius 1 is 1.19 bits per heavy atom. The van der Waals surface area contributed by atoms with Gasteiger partial charge in [-0.3, -0.25) is 9.59 Å². The third-order valence-electron chi connectivity index (χ3n) is 3.84. The number of benzene rings is 1. The molecule has 0 spiro atoms. The number of hydrogen-bond acceptors (Lipinski definition) is 5. The van der Waals surface area contributed by atoms with E-state index in [1.54, 1.807) is 6.07 Å². The molecular weight excluding hydrogens is 350 g/mol. The van der Waals surface area contributed by atoms with Gasteiger partial charge in [-0.15, -0.1) is 11.3 Å². The summed E-state index contributed by atoms with van der Waals surface area (Å²) < 4.78 is 4.97. The lowest BCUT2D eigenvalue weighted by molar-refractivity contribution is -0.115. The number of furan rings is 1. The monoisotopic (exact) mass is 369 g/mol. The standard InChI is InChI=1S/C19H19N3O3S/c1-11-7-12(2)17(13(3)8-11)14-10-26-19(21-14)22-16(23)9-20-18(24)15-5-4-6-25-15/h4-8,10H,9H2,1-3H3,(H,20,24)(H,21,22,23). The normalized spacial score (nSPS) is 10.6. The van der Waals surface area contributed by atoms with E-state index in [0.29, 0.717) is 5.13 Å². The van der Waals surface area contributed by atoms with E-state index in [0.717, 1.165) is 22.4 Å². The van der Waals surface area contributed by atoms with Crippen LogP contribution < -0.4 is 10.6 Å². The van der Waals surface area contributed by atoms with Crippen LogP contribution in [-0.4, -0.2) is 23.3 Å². The number of nitrogens with one attached hydrogen (secondary N) is 2. The van der Waals surface area contributed by atoms with Crippen LogP contribution in [0.4, 0.5) is 5.13 Å². The molecule has 134 valence electrons. The van der Waals surface area contributed by atoms with Crippen molar-refractivity contribution in [2.45, 2.75) is 20.8 Å². The summed E-state index contributed by atoms with van der Waals surface area (Å²) in [7, 11) is 0. The minimum atomic E-state index is -0.434. The zero-order valence-corrected chi connectivity index (χ0v) is 15.6. The molecule has 2 amide bonds. The van der Waals surface area contributed by atoms with Crippen molar-refractivity contribution in [3.63, 3.8) is 0 Å². The maximum atomic E-state index is 12.0. The molecule has 2 N–H and O–H groups in total. The van der Waals surface area contributed by atoms with Crippen LogP contribution in [0, 0.1) is 20.8 Å². The van der Waals surface area contributed by atoms with Crippen LogP contribution in [0.25, 0.3) is 11.3 Å². The lowest BCUT2D eigenvalue weighted by atomic mass is 9.98. The van der Waals surface area contributed by atoms with Crippen molar-refractivity contribution >= 4 is 28.3 Å². The lowest BCUT2D eigenvalue weighted by Crippen LogP contribution is -2.32.